The number of hydrogen-bond acceptors (Lipinski definition) is 2. The average Bonchev–Trinajstić information content (AvgIpc) is 2.65. The van der Waals surface area contributed by atoms with Gasteiger partial charge in [0.1, 0.15) is 0 Å². The van der Waals surface area contributed by atoms with Gasteiger partial charge < -0.3 is 10.2 Å². The van der Waals surface area contributed by atoms with E-state index in [4.69, 9.17) is 0 Å². The third-order valence-corrected chi connectivity index (χ3v) is 5.39. The number of likely N-dealkylation sites (tertiary alicyclic amines) is 1. The van der Waals surface area contributed by atoms with Gasteiger partial charge in [0, 0.05) is 18.1 Å². The molecular weight excluding hydrogens is 232 g/mol. The van der Waals surface area contributed by atoms with E-state index in [-0.39, 0.29) is 0 Å². The Morgan fingerprint density at radius 2 is 1.63 bits per heavy atom. The first-order valence-corrected chi connectivity index (χ1v) is 8.69. The van der Waals surface area contributed by atoms with Crippen LogP contribution in [0.1, 0.15) is 72.1 Å². The number of nitrogens with one attached hydrogen (secondary N) is 1. The van der Waals surface area contributed by atoms with Crippen LogP contribution in [0.5, 0.6) is 0 Å². The summed E-state index contributed by atoms with van der Waals surface area (Å²) in [7, 11) is 0. The lowest BCUT2D eigenvalue weighted by atomic mass is 9.84. The summed E-state index contributed by atoms with van der Waals surface area (Å²) < 4.78 is 0. The highest BCUT2D eigenvalue weighted by atomic mass is 15.1. The van der Waals surface area contributed by atoms with E-state index in [0.29, 0.717) is 0 Å². The predicted octanol–water partition coefficient (Wildman–Crippen LogP) is 3.81. The van der Waals surface area contributed by atoms with Crippen LogP contribution in [0.2, 0.25) is 0 Å². The van der Waals surface area contributed by atoms with Gasteiger partial charge in [-0.05, 0) is 77.8 Å². The predicted molar refractivity (Wildman–Crippen MR) is 83.5 cm³/mol. The minimum atomic E-state index is 0.721. The highest BCUT2D eigenvalue weighted by molar-refractivity contribution is 4.83. The van der Waals surface area contributed by atoms with Crippen molar-refractivity contribution >= 4 is 0 Å². The summed E-state index contributed by atoms with van der Waals surface area (Å²) in [5.74, 6) is 1.02. The molecule has 1 aliphatic heterocycles. The maximum absolute atomic E-state index is 3.98. The van der Waals surface area contributed by atoms with Crippen LogP contribution >= 0.6 is 0 Å². The zero-order chi connectivity index (χ0) is 13.7. The van der Waals surface area contributed by atoms with Gasteiger partial charge in [-0.1, -0.05) is 13.3 Å². The fourth-order valence-corrected chi connectivity index (χ4v) is 3.87. The van der Waals surface area contributed by atoms with Crippen molar-refractivity contribution in [2.24, 2.45) is 5.92 Å². The Bertz CT molecular complexity index is 244. The highest BCUT2D eigenvalue weighted by Gasteiger charge is 2.24. The van der Waals surface area contributed by atoms with Crippen molar-refractivity contribution < 1.29 is 0 Å². The van der Waals surface area contributed by atoms with Crippen molar-refractivity contribution in [1.29, 1.82) is 0 Å². The number of nitrogens with zero attached hydrogens (tertiary/aromatic N) is 1. The standard InChI is InChI=1S/C17H34N2/c1-4-15-7-9-17(10-8-15)18-16-6-5-12-19(13-11-16)14(2)3/h14-18H,4-13H2,1-3H3. The molecule has 0 amide bonds. The van der Waals surface area contributed by atoms with E-state index in [0.717, 1.165) is 24.0 Å². The molecule has 0 bridgehead atoms. The first-order valence-electron chi connectivity index (χ1n) is 8.69. The Morgan fingerprint density at radius 1 is 0.947 bits per heavy atom. The van der Waals surface area contributed by atoms with Crippen molar-refractivity contribution in [3.05, 3.63) is 0 Å². The maximum Gasteiger partial charge on any atom is 0.00823 e. The molecular formula is C17H34N2. The Kier molecular flexibility index (Phi) is 6.15. The molecule has 1 heterocycles. The van der Waals surface area contributed by atoms with Crippen molar-refractivity contribution in [2.45, 2.75) is 90.3 Å². The van der Waals surface area contributed by atoms with Gasteiger partial charge in [-0.3, -0.25) is 0 Å². The molecule has 0 aromatic carbocycles. The van der Waals surface area contributed by atoms with Crippen molar-refractivity contribution in [2.75, 3.05) is 13.1 Å². The molecule has 2 heteroatoms. The summed E-state index contributed by atoms with van der Waals surface area (Å²) in [6.07, 6.45) is 11.3. The molecule has 1 N–H and O–H groups in total. The second kappa shape index (κ2) is 7.64. The topological polar surface area (TPSA) is 15.3 Å². The van der Waals surface area contributed by atoms with Crippen LogP contribution in [0.3, 0.4) is 0 Å². The summed E-state index contributed by atoms with van der Waals surface area (Å²) in [4.78, 5) is 2.65. The van der Waals surface area contributed by atoms with E-state index < -0.39 is 0 Å². The van der Waals surface area contributed by atoms with E-state index in [9.17, 15) is 0 Å². The van der Waals surface area contributed by atoms with Gasteiger partial charge in [0.05, 0.1) is 0 Å². The lowest BCUT2D eigenvalue weighted by Gasteiger charge is -2.32. The Labute approximate surface area is 120 Å². The second-order valence-electron chi connectivity index (χ2n) is 7.05. The van der Waals surface area contributed by atoms with Crippen LogP contribution < -0.4 is 5.32 Å². The molecule has 2 nitrogen and oxygen atoms in total. The van der Waals surface area contributed by atoms with Gasteiger partial charge in [0.2, 0.25) is 0 Å². The molecule has 0 spiro atoms. The van der Waals surface area contributed by atoms with Gasteiger partial charge in [-0.25, -0.2) is 0 Å². The Hall–Kier alpha value is -0.0800. The molecule has 19 heavy (non-hydrogen) atoms. The fourth-order valence-electron chi connectivity index (χ4n) is 3.87. The van der Waals surface area contributed by atoms with Crippen molar-refractivity contribution in [3.8, 4) is 0 Å². The van der Waals surface area contributed by atoms with Gasteiger partial charge in [-0.2, -0.15) is 0 Å². The molecule has 1 saturated heterocycles. The molecule has 1 unspecified atom stereocenters. The first-order chi connectivity index (χ1) is 9.19. The largest absolute Gasteiger partial charge is 0.311 e. The summed E-state index contributed by atoms with van der Waals surface area (Å²) in [5, 5.41) is 3.98. The highest BCUT2D eigenvalue weighted by Crippen LogP contribution is 2.27. The normalized spacial score (nSPS) is 34.4. The van der Waals surface area contributed by atoms with Gasteiger partial charge in [-0.15, -0.1) is 0 Å². The minimum Gasteiger partial charge on any atom is -0.311 e. The van der Waals surface area contributed by atoms with Gasteiger partial charge in [0.15, 0.2) is 0 Å². The van der Waals surface area contributed by atoms with Crippen LogP contribution in [0.4, 0.5) is 0 Å². The van der Waals surface area contributed by atoms with Crippen LogP contribution in [0, 0.1) is 5.92 Å². The van der Waals surface area contributed by atoms with Crippen LogP contribution in [0.25, 0.3) is 0 Å². The zero-order valence-corrected chi connectivity index (χ0v) is 13.3. The zero-order valence-electron chi connectivity index (χ0n) is 13.3. The summed E-state index contributed by atoms with van der Waals surface area (Å²) in [6.45, 7) is 9.61. The van der Waals surface area contributed by atoms with Crippen LogP contribution in [-0.4, -0.2) is 36.1 Å². The molecule has 1 atom stereocenters. The molecule has 1 saturated carbocycles. The second-order valence-corrected chi connectivity index (χ2v) is 7.05. The van der Waals surface area contributed by atoms with Crippen molar-refractivity contribution in [1.82, 2.24) is 10.2 Å². The minimum absolute atomic E-state index is 0.721. The van der Waals surface area contributed by atoms with E-state index in [1.54, 1.807) is 0 Å². The average molecular weight is 266 g/mol. The van der Waals surface area contributed by atoms with E-state index in [1.165, 1.54) is 64.5 Å². The lowest BCUT2D eigenvalue weighted by molar-refractivity contribution is 0.224. The Balaban J connectivity index is 1.71. The molecule has 1 aliphatic carbocycles. The van der Waals surface area contributed by atoms with E-state index >= 15 is 0 Å². The molecule has 0 aromatic heterocycles. The van der Waals surface area contributed by atoms with Gasteiger partial charge >= 0.3 is 0 Å². The quantitative estimate of drug-likeness (QED) is 0.832. The monoisotopic (exact) mass is 266 g/mol. The summed E-state index contributed by atoms with van der Waals surface area (Å²) in [6, 6.07) is 2.32. The van der Waals surface area contributed by atoms with Crippen LogP contribution in [0.15, 0.2) is 0 Å². The van der Waals surface area contributed by atoms with Crippen LogP contribution in [-0.2, 0) is 0 Å². The number of rotatable bonds is 4. The SMILES string of the molecule is CCC1CCC(NC2CCCN(C(C)C)CC2)CC1. The molecule has 2 rings (SSSR count). The molecule has 2 aliphatic rings. The fraction of sp³-hybridized carbons (Fsp3) is 1.00. The maximum atomic E-state index is 3.98. The Morgan fingerprint density at radius 3 is 2.26 bits per heavy atom. The lowest BCUT2D eigenvalue weighted by Crippen LogP contribution is -2.41. The van der Waals surface area contributed by atoms with Gasteiger partial charge in [0.25, 0.3) is 0 Å². The van der Waals surface area contributed by atoms with E-state index in [1.807, 2.05) is 0 Å². The molecule has 2 fully saturated rings. The summed E-state index contributed by atoms with van der Waals surface area (Å²) in [5.41, 5.74) is 0. The molecule has 0 radical (unpaired) electrons. The van der Waals surface area contributed by atoms with E-state index in [2.05, 4.69) is 31.0 Å². The van der Waals surface area contributed by atoms with Crippen molar-refractivity contribution in [3.63, 3.8) is 0 Å². The number of hydrogen-bond donors (Lipinski definition) is 1. The third-order valence-electron chi connectivity index (χ3n) is 5.39. The molecule has 112 valence electrons. The first kappa shape index (κ1) is 15.3. The third kappa shape index (κ3) is 4.75. The smallest absolute Gasteiger partial charge is 0.00823 e. The summed E-state index contributed by atoms with van der Waals surface area (Å²) >= 11 is 0. The molecule has 0 aromatic rings.